The van der Waals surface area contributed by atoms with Crippen molar-refractivity contribution in [1.82, 2.24) is 24.5 Å². The Morgan fingerprint density at radius 3 is 1.94 bits per heavy atom. The van der Waals surface area contributed by atoms with Gasteiger partial charge in [0, 0.05) is 27.2 Å². The smallest absolute Gasteiger partial charge is 0.238 e. The minimum atomic E-state index is 0.563. The van der Waals surface area contributed by atoms with E-state index in [4.69, 9.17) is 15.0 Å². The lowest BCUT2D eigenvalue weighted by atomic mass is 10.2. The zero-order valence-electron chi connectivity index (χ0n) is 16.9. The molecular weight excluding hydrogens is 462 g/mol. The summed E-state index contributed by atoms with van der Waals surface area (Å²) in [5.41, 5.74) is 4.73. The van der Waals surface area contributed by atoms with Crippen LogP contribution in [0.25, 0.3) is 50.7 Å². The normalized spacial score (nSPS) is 11.3. The van der Waals surface area contributed by atoms with Gasteiger partial charge >= 0.3 is 0 Å². The van der Waals surface area contributed by atoms with Crippen LogP contribution in [0.15, 0.2) is 102 Å². The number of pyridine rings is 1. The predicted molar refractivity (Wildman–Crippen MR) is 131 cm³/mol. The van der Waals surface area contributed by atoms with Crippen LogP contribution in [0.1, 0.15) is 0 Å². The maximum Gasteiger partial charge on any atom is 0.238 e. The SMILES string of the molecule is Brc1ccc2c(c1)c1ncccc1n2-c1nc(-c2ccccc2)nc(-c2ccccc2)n1. The van der Waals surface area contributed by atoms with E-state index in [0.717, 1.165) is 37.5 Å². The van der Waals surface area contributed by atoms with Gasteiger partial charge in [-0.1, -0.05) is 76.6 Å². The summed E-state index contributed by atoms with van der Waals surface area (Å²) in [5.74, 6) is 1.82. The molecule has 6 heteroatoms. The van der Waals surface area contributed by atoms with Gasteiger partial charge in [0.15, 0.2) is 11.6 Å². The van der Waals surface area contributed by atoms with Gasteiger partial charge in [-0.25, -0.2) is 4.98 Å². The largest absolute Gasteiger partial charge is 0.276 e. The second-order valence-corrected chi connectivity index (χ2v) is 8.30. The van der Waals surface area contributed by atoms with Crippen molar-refractivity contribution in [2.24, 2.45) is 0 Å². The summed E-state index contributed by atoms with van der Waals surface area (Å²) < 4.78 is 3.06. The molecule has 0 fully saturated rings. The average molecular weight is 478 g/mol. The van der Waals surface area contributed by atoms with Crippen molar-refractivity contribution in [3.05, 3.63) is 102 Å². The van der Waals surface area contributed by atoms with Gasteiger partial charge in [-0.2, -0.15) is 9.97 Å². The Morgan fingerprint density at radius 1 is 0.625 bits per heavy atom. The maximum atomic E-state index is 4.90. The molecule has 0 saturated carbocycles. The van der Waals surface area contributed by atoms with Crippen molar-refractivity contribution >= 4 is 37.9 Å². The lowest BCUT2D eigenvalue weighted by Gasteiger charge is -2.10. The summed E-state index contributed by atoms with van der Waals surface area (Å²) in [6, 6.07) is 30.1. The summed E-state index contributed by atoms with van der Waals surface area (Å²) >= 11 is 3.59. The average Bonchev–Trinajstić information content (AvgIpc) is 3.18. The zero-order valence-corrected chi connectivity index (χ0v) is 18.4. The molecule has 5 nitrogen and oxygen atoms in total. The van der Waals surface area contributed by atoms with Crippen LogP contribution in [0.3, 0.4) is 0 Å². The molecule has 0 radical (unpaired) electrons. The van der Waals surface area contributed by atoms with Gasteiger partial charge < -0.3 is 0 Å². The first kappa shape index (κ1) is 18.8. The first-order valence-electron chi connectivity index (χ1n) is 10.2. The highest BCUT2D eigenvalue weighted by Gasteiger charge is 2.18. The molecule has 0 spiro atoms. The molecule has 0 saturated heterocycles. The van der Waals surface area contributed by atoms with Crippen LogP contribution >= 0.6 is 15.9 Å². The van der Waals surface area contributed by atoms with E-state index in [1.165, 1.54) is 0 Å². The van der Waals surface area contributed by atoms with E-state index >= 15 is 0 Å². The molecular formula is C26H16BrN5. The molecule has 152 valence electrons. The molecule has 0 N–H and O–H groups in total. The monoisotopic (exact) mass is 477 g/mol. The van der Waals surface area contributed by atoms with E-state index in [1.807, 2.05) is 85.1 Å². The summed E-state index contributed by atoms with van der Waals surface area (Å²) in [6.07, 6.45) is 1.81. The number of aromatic nitrogens is 5. The minimum absolute atomic E-state index is 0.563. The molecule has 3 aromatic carbocycles. The number of hydrogen-bond donors (Lipinski definition) is 0. The molecule has 0 aliphatic rings. The Kier molecular flexibility index (Phi) is 4.51. The molecule has 32 heavy (non-hydrogen) atoms. The molecule has 0 aliphatic carbocycles. The van der Waals surface area contributed by atoms with Crippen LogP contribution in [0.4, 0.5) is 0 Å². The highest BCUT2D eigenvalue weighted by molar-refractivity contribution is 9.10. The fourth-order valence-electron chi connectivity index (χ4n) is 3.92. The van der Waals surface area contributed by atoms with Gasteiger partial charge in [0.1, 0.15) is 0 Å². The van der Waals surface area contributed by atoms with Gasteiger partial charge in [0.25, 0.3) is 0 Å². The third-order valence-electron chi connectivity index (χ3n) is 5.37. The van der Waals surface area contributed by atoms with Crippen LogP contribution in [0, 0.1) is 0 Å². The van der Waals surface area contributed by atoms with Crippen molar-refractivity contribution < 1.29 is 0 Å². The molecule has 3 heterocycles. The van der Waals surface area contributed by atoms with E-state index in [0.29, 0.717) is 17.6 Å². The lowest BCUT2D eigenvalue weighted by Crippen LogP contribution is -2.06. The van der Waals surface area contributed by atoms with Crippen molar-refractivity contribution in [1.29, 1.82) is 0 Å². The van der Waals surface area contributed by atoms with Crippen LogP contribution in [-0.2, 0) is 0 Å². The number of hydrogen-bond acceptors (Lipinski definition) is 4. The number of benzene rings is 3. The number of halogens is 1. The van der Waals surface area contributed by atoms with E-state index in [-0.39, 0.29) is 0 Å². The summed E-state index contributed by atoms with van der Waals surface area (Å²) in [7, 11) is 0. The standard InChI is InChI=1S/C26H16BrN5/c27-19-13-14-21-20(16-19)23-22(12-7-15-28-23)32(21)26-30-24(17-8-3-1-4-9-17)29-25(31-26)18-10-5-2-6-11-18/h1-16H. The highest BCUT2D eigenvalue weighted by atomic mass is 79.9. The van der Waals surface area contributed by atoms with E-state index in [1.54, 1.807) is 0 Å². The zero-order chi connectivity index (χ0) is 21.5. The van der Waals surface area contributed by atoms with Gasteiger partial charge in [-0.15, -0.1) is 0 Å². The van der Waals surface area contributed by atoms with E-state index in [9.17, 15) is 0 Å². The van der Waals surface area contributed by atoms with E-state index in [2.05, 4.69) is 37.6 Å². The molecule has 0 aliphatic heterocycles. The molecule has 6 aromatic rings. The molecule has 3 aromatic heterocycles. The maximum absolute atomic E-state index is 4.90. The van der Waals surface area contributed by atoms with Crippen LogP contribution < -0.4 is 0 Å². The molecule has 0 unspecified atom stereocenters. The van der Waals surface area contributed by atoms with Gasteiger partial charge in [0.05, 0.1) is 16.6 Å². The Bertz CT molecular complexity index is 1520. The van der Waals surface area contributed by atoms with Crippen molar-refractivity contribution in [2.45, 2.75) is 0 Å². The summed E-state index contributed by atoms with van der Waals surface area (Å²) in [4.78, 5) is 19.2. The molecule has 0 bridgehead atoms. The predicted octanol–water partition coefficient (Wildman–Crippen LogP) is 6.46. The van der Waals surface area contributed by atoms with Crippen LogP contribution in [0.2, 0.25) is 0 Å². The van der Waals surface area contributed by atoms with Crippen molar-refractivity contribution in [2.75, 3.05) is 0 Å². The summed E-state index contributed by atoms with van der Waals surface area (Å²) in [6.45, 7) is 0. The van der Waals surface area contributed by atoms with Crippen LogP contribution in [-0.4, -0.2) is 24.5 Å². The third-order valence-corrected chi connectivity index (χ3v) is 5.86. The fraction of sp³-hybridized carbons (Fsp3) is 0. The highest BCUT2D eigenvalue weighted by Crippen LogP contribution is 2.32. The Hall–Kier alpha value is -3.90. The fourth-order valence-corrected chi connectivity index (χ4v) is 4.28. The first-order valence-corrected chi connectivity index (χ1v) is 11.0. The second-order valence-electron chi connectivity index (χ2n) is 7.38. The molecule has 0 atom stereocenters. The second kappa shape index (κ2) is 7.66. The molecule has 6 rings (SSSR count). The Balaban J connectivity index is 1.70. The summed E-state index contributed by atoms with van der Waals surface area (Å²) in [5, 5.41) is 1.04. The van der Waals surface area contributed by atoms with Crippen molar-refractivity contribution in [3.63, 3.8) is 0 Å². The Labute approximate surface area is 192 Å². The first-order chi connectivity index (χ1) is 15.8. The van der Waals surface area contributed by atoms with Gasteiger partial charge in [-0.05, 0) is 30.3 Å². The van der Waals surface area contributed by atoms with E-state index < -0.39 is 0 Å². The minimum Gasteiger partial charge on any atom is -0.276 e. The number of nitrogens with zero attached hydrogens (tertiary/aromatic N) is 5. The number of rotatable bonds is 3. The topological polar surface area (TPSA) is 56.5 Å². The third kappa shape index (κ3) is 3.16. The van der Waals surface area contributed by atoms with Gasteiger partial charge in [-0.3, -0.25) is 9.55 Å². The van der Waals surface area contributed by atoms with Gasteiger partial charge in [0.2, 0.25) is 5.95 Å². The quantitative estimate of drug-likeness (QED) is 0.293. The van der Waals surface area contributed by atoms with Crippen LogP contribution in [0.5, 0.6) is 0 Å². The Morgan fingerprint density at radius 2 is 1.28 bits per heavy atom. The number of fused-ring (bicyclic) bond motifs is 3. The molecule has 0 amide bonds. The lowest BCUT2D eigenvalue weighted by molar-refractivity contribution is 0.953. The van der Waals surface area contributed by atoms with Crippen molar-refractivity contribution in [3.8, 4) is 28.7 Å².